The second-order valence-corrected chi connectivity index (χ2v) is 7.10. The van der Waals surface area contributed by atoms with Crippen molar-refractivity contribution < 1.29 is 23.9 Å². The second-order valence-electron chi connectivity index (χ2n) is 6.31. The first-order valence-corrected chi connectivity index (χ1v) is 10.2. The van der Waals surface area contributed by atoms with Crippen molar-refractivity contribution in [2.45, 2.75) is 6.42 Å². The number of carbonyl (C=O) groups is 3. The van der Waals surface area contributed by atoms with Gasteiger partial charge in [-0.05, 0) is 36.2 Å². The second kappa shape index (κ2) is 13.3. The summed E-state index contributed by atoms with van der Waals surface area (Å²) in [7, 11) is 1.55. The zero-order chi connectivity index (χ0) is 23.3. The number of hydrogen-bond acceptors (Lipinski definition) is 6. The maximum atomic E-state index is 12.1. The molecule has 0 radical (unpaired) electrons. The molecule has 0 aliphatic carbocycles. The minimum absolute atomic E-state index is 0.242. The number of carbonyl (C=O) groups excluding carboxylic acids is 3. The number of rotatable bonds is 10. The molecule has 170 valence electrons. The van der Waals surface area contributed by atoms with E-state index >= 15 is 0 Å². The normalized spacial score (nSPS) is 10.6. The van der Waals surface area contributed by atoms with Gasteiger partial charge in [0.05, 0.1) is 21.9 Å². The van der Waals surface area contributed by atoms with Gasteiger partial charge in [-0.2, -0.15) is 5.10 Å². The van der Waals surface area contributed by atoms with Gasteiger partial charge in [-0.1, -0.05) is 41.4 Å². The van der Waals surface area contributed by atoms with E-state index < -0.39 is 17.7 Å². The van der Waals surface area contributed by atoms with Crippen LogP contribution < -0.4 is 20.8 Å². The molecule has 0 unspecified atom stereocenters. The van der Waals surface area contributed by atoms with Crippen LogP contribution in [0.3, 0.4) is 0 Å². The molecule has 0 aliphatic heterocycles. The molecule has 9 nitrogen and oxygen atoms in total. The molecule has 3 N–H and O–H groups in total. The summed E-state index contributed by atoms with van der Waals surface area (Å²) < 4.78 is 10.3. The van der Waals surface area contributed by atoms with Gasteiger partial charge in [-0.15, -0.1) is 0 Å². The van der Waals surface area contributed by atoms with Crippen LogP contribution in [-0.2, 0) is 19.1 Å². The van der Waals surface area contributed by atoms with Gasteiger partial charge < -0.3 is 20.1 Å². The molecule has 0 saturated carbocycles. The summed E-state index contributed by atoms with van der Waals surface area (Å²) in [6, 6.07) is 11.6. The number of methoxy groups -OCH3 is 1. The van der Waals surface area contributed by atoms with E-state index in [-0.39, 0.29) is 11.6 Å². The van der Waals surface area contributed by atoms with Crippen LogP contribution in [0, 0.1) is 0 Å². The maximum Gasteiger partial charge on any atom is 0.329 e. The number of halogens is 2. The molecule has 0 heterocycles. The highest BCUT2D eigenvalue weighted by molar-refractivity contribution is 6.44. The van der Waals surface area contributed by atoms with E-state index in [1.54, 1.807) is 49.6 Å². The lowest BCUT2D eigenvalue weighted by molar-refractivity contribution is -0.139. The van der Waals surface area contributed by atoms with E-state index in [0.717, 1.165) is 0 Å². The third kappa shape index (κ3) is 8.54. The monoisotopic (exact) mass is 480 g/mol. The van der Waals surface area contributed by atoms with Crippen LogP contribution in [0.5, 0.6) is 5.75 Å². The van der Waals surface area contributed by atoms with Crippen LogP contribution in [0.1, 0.15) is 12.0 Å². The van der Waals surface area contributed by atoms with Gasteiger partial charge in [0.15, 0.2) is 6.61 Å². The average Bonchev–Trinajstić information content (AvgIpc) is 2.78. The molecule has 2 rings (SSSR count). The standard InChI is InChI=1S/C21H22Cl2N4O5/c1-31-10-4-9-24-20(29)21(30)27-25-12-14-5-2-6-15(11-14)32-13-18(28)26-17-8-3-7-16(22)19(17)23/h2-3,5-8,11-12H,4,9-10,13H2,1H3,(H,24,29)(H,26,28)(H,27,30)/b25-12+. The SMILES string of the molecule is COCCCNC(=O)C(=O)N/N=C/c1cccc(OCC(=O)Nc2cccc(Cl)c2Cl)c1. The van der Waals surface area contributed by atoms with Crippen molar-refractivity contribution in [1.82, 2.24) is 10.7 Å². The van der Waals surface area contributed by atoms with Crippen molar-refractivity contribution >= 4 is 52.8 Å². The molecule has 2 aromatic rings. The summed E-state index contributed by atoms with van der Waals surface area (Å²) in [6.07, 6.45) is 1.94. The van der Waals surface area contributed by atoms with E-state index in [1.165, 1.54) is 6.21 Å². The Morgan fingerprint density at radius 3 is 2.66 bits per heavy atom. The zero-order valence-electron chi connectivity index (χ0n) is 17.2. The Balaban J connectivity index is 1.81. The summed E-state index contributed by atoms with van der Waals surface area (Å²) in [5.41, 5.74) is 3.10. The Hall–Kier alpha value is -3.14. The summed E-state index contributed by atoms with van der Waals surface area (Å²) >= 11 is 12.0. The van der Waals surface area contributed by atoms with Gasteiger partial charge in [0.2, 0.25) is 0 Å². The van der Waals surface area contributed by atoms with Crippen molar-refractivity contribution in [3.05, 3.63) is 58.1 Å². The summed E-state index contributed by atoms with van der Waals surface area (Å²) in [4.78, 5) is 35.4. The molecule has 2 aromatic carbocycles. The Labute approximate surface area is 195 Å². The molecule has 11 heteroatoms. The molecule has 0 aliphatic rings. The van der Waals surface area contributed by atoms with Gasteiger partial charge in [0.1, 0.15) is 5.75 Å². The van der Waals surface area contributed by atoms with Crippen molar-refractivity contribution in [2.75, 3.05) is 32.2 Å². The Morgan fingerprint density at radius 1 is 1.09 bits per heavy atom. The third-order valence-electron chi connectivity index (χ3n) is 3.85. The van der Waals surface area contributed by atoms with Crippen molar-refractivity contribution in [2.24, 2.45) is 5.10 Å². The van der Waals surface area contributed by atoms with Crippen LogP contribution in [0.2, 0.25) is 10.0 Å². The molecule has 0 spiro atoms. The highest BCUT2D eigenvalue weighted by Gasteiger charge is 2.11. The number of nitrogens with zero attached hydrogens (tertiary/aromatic N) is 1. The van der Waals surface area contributed by atoms with Crippen LogP contribution in [0.25, 0.3) is 0 Å². The van der Waals surface area contributed by atoms with E-state index in [4.69, 9.17) is 32.7 Å². The molecule has 0 bridgehead atoms. The molecule has 32 heavy (non-hydrogen) atoms. The number of anilines is 1. The molecule has 0 atom stereocenters. The quantitative estimate of drug-likeness (QED) is 0.209. The Morgan fingerprint density at radius 2 is 1.88 bits per heavy atom. The number of benzene rings is 2. The predicted molar refractivity (Wildman–Crippen MR) is 122 cm³/mol. The van der Waals surface area contributed by atoms with Crippen molar-refractivity contribution in [3.63, 3.8) is 0 Å². The van der Waals surface area contributed by atoms with E-state index in [0.29, 0.717) is 41.6 Å². The highest BCUT2D eigenvalue weighted by Crippen LogP contribution is 2.29. The minimum Gasteiger partial charge on any atom is -0.484 e. The van der Waals surface area contributed by atoms with E-state index in [9.17, 15) is 14.4 Å². The molecule has 0 aromatic heterocycles. The molecular weight excluding hydrogens is 459 g/mol. The van der Waals surface area contributed by atoms with Gasteiger partial charge in [-0.25, -0.2) is 5.43 Å². The third-order valence-corrected chi connectivity index (χ3v) is 4.67. The number of nitrogens with one attached hydrogen (secondary N) is 3. The topological polar surface area (TPSA) is 118 Å². The van der Waals surface area contributed by atoms with E-state index in [1.807, 2.05) is 0 Å². The smallest absolute Gasteiger partial charge is 0.329 e. The molecule has 3 amide bonds. The van der Waals surface area contributed by atoms with Crippen LogP contribution in [0.15, 0.2) is 47.6 Å². The number of hydrogen-bond donors (Lipinski definition) is 3. The molecule has 0 fully saturated rings. The fraction of sp³-hybridized carbons (Fsp3) is 0.238. The first-order valence-electron chi connectivity index (χ1n) is 9.47. The lowest BCUT2D eigenvalue weighted by Gasteiger charge is -2.09. The van der Waals surface area contributed by atoms with Gasteiger partial charge >= 0.3 is 11.8 Å². The number of amides is 3. The van der Waals surface area contributed by atoms with Crippen LogP contribution >= 0.6 is 23.2 Å². The predicted octanol–water partition coefficient (Wildman–Crippen LogP) is 2.61. The average molecular weight is 481 g/mol. The Bertz CT molecular complexity index is 984. The molecule has 0 saturated heterocycles. The van der Waals surface area contributed by atoms with Gasteiger partial charge in [0.25, 0.3) is 5.91 Å². The van der Waals surface area contributed by atoms with Crippen molar-refractivity contribution in [1.29, 1.82) is 0 Å². The van der Waals surface area contributed by atoms with E-state index in [2.05, 4.69) is 21.2 Å². The number of ether oxygens (including phenoxy) is 2. The summed E-state index contributed by atoms with van der Waals surface area (Å²) in [6.45, 7) is 0.540. The van der Waals surface area contributed by atoms with Crippen molar-refractivity contribution in [3.8, 4) is 5.75 Å². The lowest BCUT2D eigenvalue weighted by Crippen LogP contribution is -2.38. The number of hydrazone groups is 1. The van der Waals surface area contributed by atoms with Crippen LogP contribution in [0.4, 0.5) is 5.69 Å². The minimum atomic E-state index is -0.887. The van der Waals surface area contributed by atoms with Crippen LogP contribution in [-0.4, -0.2) is 50.8 Å². The zero-order valence-corrected chi connectivity index (χ0v) is 18.7. The summed E-state index contributed by atoms with van der Waals surface area (Å²) in [5, 5.41) is 9.38. The largest absolute Gasteiger partial charge is 0.484 e. The van der Waals surface area contributed by atoms with Gasteiger partial charge in [0, 0.05) is 20.3 Å². The first-order chi connectivity index (χ1) is 15.4. The fourth-order valence-electron chi connectivity index (χ4n) is 2.34. The fourth-order valence-corrected chi connectivity index (χ4v) is 2.68. The molecular formula is C21H22Cl2N4O5. The first kappa shape index (κ1) is 25.1. The van der Waals surface area contributed by atoms with Gasteiger partial charge in [-0.3, -0.25) is 14.4 Å². The Kier molecular flexibility index (Phi) is 10.5. The maximum absolute atomic E-state index is 12.1. The summed E-state index contributed by atoms with van der Waals surface area (Å²) in [5.74, 6) is -1.69. The highest BCUT2D eigenvalue weighted by atomic mass is 35.5. The lowest BCUT2D eigenvalue weighted by atomic mass is 10.2.